The molecule has 1 aromatic rings. The average Bonchev–Trinajstić information content (AvgIpc) is 2.18. The third-order valence-electron chi connectivity index (χ3n) is 1.85. The van der Waals surface area contributed by atoms with Gasteiger partial charge in [-0.2, -0.15) is 0 Å². The van der Waals surface area contributed by atoms with Crippen molar-refractivity contribution < 1.29 is 4.43 Å². The second kappa shape index (κ2) is 6.57. The molecular weight excluding hydrogens is 188 g/mol. The maximum Gasteiger partial charge on any atom is 0.170 e. The first-order valence-electron chi connectivity index (χ1n) is 5.12. The summed E-state index contributed by atoms with van der Waals surface area (Å²) in [4.78, 5) is 0. The van der Waals surface area contributed by atoms with E-state index in [4.69, 9.17) is 4.43 Å². The van der Waals surface area contributed by atoms with Gasteiger partial charge in [0.05, 0.1) is 0 Å². The zero-order valence-corrected chi connectivity index (χ0v) is 10.1. The zero-order valence-electron chi connectivity index (χ0n) is 8.94. The lowest BCUT2D eigenvalue weighted by Gasteiger charge is -2.03. The lowest BCUT2D eigenvalue weighted by molar-refractivity contribution is 0.334. The Kier molecular flexibility index (Phi) is 5.26. The van der Waals surface area contributed by atoms with Gasteiger partial charge in [-0.3, -0.25) is 0 Å². The fourth-order valence-electron chi connectivity index (χ4n) is 1.16. The van der Waals surface area contributed by atoms with Crippen molar-refractivity contribution in [1.29, 1.82) is 0 Å². The maximum absolute atomic E-state index is 5.57. The maximum atomic E-state index is 5.57. The van der Waals surface area contributed by atoms with Crippen molar-refractivity contribution in [2.75, 3.05) is 6.61 Å². The first-order chi connectivity index (χ1) is 6.79. The molecule has 0 spiro atoms. The van der Waals surface area contributed by atoms with Crippen LogP contribution in [0.25, 0.3) is 6.08 Å². The molecule has 1 rings (SSSR count). The van der Waals surface area contributed by atoms with Crippen LogP contribution in [0.3, 0.4) is 0 Å². The molecule has 0 fully saturated rings. The van der Waals surface area contributed by atoms with Crippen LogP contribution in [0.2, 0.25) is 13.1 Å². The third kappa shape index (κ3) is 4.99. The number of rotatable bonds is 5. The number of hydrogen-bond donors (Lipinski definition) is 0. The van der Waals surface area contributed by atoms with Gasteiger partial charge in [0.15, 0.2) is 9.04 Å². The monoisotopic (exact) mass is 206 g/mol. The first kappa shape index (κ1) is 11.2. The molecule has 0 aliphatic rings. The highest BCUT2D eigenvalue weighted by molar-refractivity contribution is 6.48. The molecule has 1 nitrogen and oxygen atoms in total. The van der Waals surface area contributed by atoms with E-state index < -0.39 is 9.04 Å². The highest BCUT2D eigenvalue weighted by Crippen LogP contribution is 2.01. The van der Waals surface area contributed by atoms with Crippen molar-refractivity contribution in [3.05, 3.63) is 42.0 Å². The molecule has 76 valence electrons. The first-order valence-corrected chi connectivity index (χ1v) is 7.90. The molecule has 2 heteroatoms. The van der Waals surface area contributed by atoms with Crippen LogP contribution >= 0.6 is 0 Å². The summed E-state index contributed by atoms with van der Waals surface area (Å²) in [5.74, 6) is 0. The van der Waals surface area contributed by atoms with Crippen LogP contribution in [0.4, 0.5) is 0 Å². The molecule has 14 heavy (non-hydrogen) atoms. The second-order valence-electron chi connectivity index (χ2n) is 3.52. The number of hydrogen-bond acceptors (Lipinski definition) is 1. The van der Waals surface area contributed by atoms with Crippen molar-refractivity contribution in [2.24, 2.45) is 0 Å². The topological polar surface area (TPSA) is 9.23 Å². The SMILES string of the molecule is C[SiH](C)OCCC=Cc1ccccc1. The molecule has 1 aromatic carbocycles. The lowest BCUT2D eigenvalue weighted by Crippen LogP contribution is -2.07. The Morgan fingerprint density at radius 2 is 1.93 bits per heavy atom. The van der Waals surface area contributed by atoms with E-state index in [0.717, 1.165) is 13.0 Å². The molecule has 0 atom stereocenters. The van der Waals surface area contributed by atoms with Gasteiger partial charge < -0.3 is 4.43 Å². The zero-order chi connectivity index (χ0) is 10.2. The minimum absolute atomic E-state index is 0.821. The molecule has 0 aromatic heterocycles. The normalized spacial score (nSPS) is 11.4. The molecule has 0 N–H and O–H groups in total. The van der Waals surface area contributed by atoms with Crippen molar-refractivity contribution in [2.45, 2.75) is 19.5 Å². The van der Waals surface area contributed by atoms with Crippen LogP contribution < -0.4 is 0 Å². The van der Waals surface area contributed by atoms with Gasteiger partial charge in [0.1, 0.15) is 0 Å². The van der Waals surface area contributed by atoms with E-state index >= 15 is 0 Å². The van der Waals surface area contributed by atoms with Gasteiger partial charge in [-0.05, 0) is 25.1 Å². The highest BCUT2D eigenvalue weighted by atomic mass is 28.3. The summed E-state index contributed by atoms with van der Waals surface area (Å²) in [7, 11) is -0.821. The van der Waals surface area contributed by atoms with Gasteiger partial charge in [0.25, 0.3) is 0 Å². The van der Waals surface area contributed by atoms with Gasteiger partial charge in [-0.1, -0.05) is 42.5 Å². The van der Waals surface area contributed by atoms with Crippen LogP contribution in [-0.2, 0) is 4.43 Å². The fraction of sp³-hybridized carbons (Fsp3) is 0.333. The van der Waals surface area contributed by atoms with Crippen molar-refractivity contribution in [3.63, 3.8) is 0 Å². The second-order valence-corrected chi connectivity index (χ2v) is 5.95. The molecule has 0 unspecified atom stereocenters. The molecule has 0 radical (unpaired) electrons. The molecule has 0 aliphatic carbocycles. The molecule has 0 bridgehead atoms. The van der Waals surface area contributed by atoms with Crippen LogP contribution in [0.15, 0.2) is 36.4 Å². The summed E-state index contributed by atoms with van der Waals surface area (Å²) in [5.41, 5.74) is 1.26. The van der Waals surface area contributed by atoms with E-state index in [1.165, 1.54) is 5.56 Å². The largest absolute Gasteiger partial charge is 0.420 e. The van der Waals surface area contributed by atoms with Crippen LogP contribution in [0, 0.1) is 0 Å². The Hall–Kier alpha value is -0.863. The molecule has 0 aliphatic heterocycles. The minimum Gasteiger partial charge on any atom is -0.420 e. The average molecular weight is 206 g/mol. The van der Waals surface area contributed by atoms with Gasteiger partial charge in [-0.15, -0.1) is 0 Å². The van der Waals surface area contributed by atoms with E-state index in [1.54, 1.807) is 0 Å². The molecular formula is C12H18OSi. The number of benzene rings is 1. The molecule has 0 amide bonds. The van der Waals surface area contributed by atoms with Crippen molar-refractivity contribution in [3.8, 4) is 0 Å². The molecule has 0 heterocycles. The van der Waals surface area contributed by atoms with Crippen LogP contribution in [0.1, 0.15) is 12.0 Å². The summed E-state index contributed by atoms with van der Waals surface area (Å²) < 4.78 is 5.57. The van der Waals surface area contributed by atoms with E-state index in [-0.39, 0.29) is 0 Å². The predicted octanol–water partition coefficient (Wildman–Crippen LogP) is 3.09. The Morgan fingerprint density at radius 1 is 1.21 bits per heavy atom. The van der Waals surface area contributed by atoms with Gasteiger partial charge in [0.2, 0.25) is 0 Å². The third-order valence-corrected chi connectivity index (χ3v) is 2.75. The van der Waals surface area contributed by atoms with Crippen LogP contribution in [-0.4, -0.2) is 15.6 Å². The predicted molar refractivity (Wildman–Crippen MR) is 64.9 cm³/mol. The highest BCUT2D eigenvalue weighted by Gasteiger charge is 1.92. The summed E-state index contributed by atoms with van der Waals surface area (Å²) in [6, 6.07) is 10.3. The van der Waals surface area contributed by atoms with Gasteiger partial charge in [0, 0.05) is 6.61 Å². The van der Waals surface area contributed by atoms with E-state index in [1.807, 2.05) is 6.07 Å². The fourth-order valence-corrected chi connectivity index (χ4v) is 1.76. The Bertz CT molecular complexity index is 267. The summed E-state index contributed by atoms with van der Waals surface area (Å²) in [6.07, 6.45) is 5.33. The summed E-state index contributed by atoms with van der Waals surface area (Å²) >= 11 is 0. The Morgan fingerprint density at radius 3 is 2.57 bits per heavy atom. The minimum atomic E-state index is -0.821. The van der Waals surface area contributed by atoms with E-state index in [2.05, 4.69) is 49.5 Å². The van der Waals surface area contributed by atoms with Gasteiger partial charge in [-0.25, -0.2) is 0 Å². The Balaban J connectivity index is 2.21. The van der Waals surface area contributed by atoms with Gasteiger partial charge >= 0.3 is 0 Å². The van der Waals surface area contributed by atoms with Crippen molar-refractivity contribution in [1.82, 2.24) is 0 Å². The van der Waals surface area contributed by atoms with Crippen molar-refractivity contribution >= 4 is 15.1 Å². The van der Waals surface area contributed by atoms with Crippen LogP contribution in [0.5, 0.6) is 0 Å². The quantitative estimate of drug-likeness (QED) is 0.531. The Labute approximate surface area is 88.1 Å². The molecule has 0 saturated carbocycles. The van der Waals surface area contributed by atoms with E-state index in [9.17, 15) is 0 Å². The summed E-state index contributed by atoms with van der Waals surface area (Å²) in [5, 5.41) is 0. The summed E-state index contributed by atoms with van der Waals surface area (Å²) in [6.45, 7) is 5.26. The lowest BCUT2D eigenvalue weighted by atomic mass is 10.2. The smallest absolute Gasteiger partial charge is 0.170 e. The van der Waals surface area contributed by atoms with E-state index in [0.29, 0.717) is 0 Å². The molecule has 0 saturated heterocycles. The standard InChI is InChI=1S/C12H18OSi/c1-14(2)13-11-7-6-10-12-8-4-3-5-9-12/h3-6,8-10,14H,7,11H2,1-2H3.